The molecule has 112 valence electrons. The molecule has 2 aromatic carbocycles. The number of halogens is 1. The highest BCUT2D eigenvalue weighted by Gasteiger charge is 2.11. The number of fused-ring (bicyclic) bond motifs is 1. The third kappa shape index (κ3) is 2.71. The van der Waals surface area contributed by atoms with Crippen LogP contribution in [-0.4, -0.2) is 14.4 Å². The van der Waals surface area contributed by atoms with Crippen LogP contribution >= 0.6 is 15.9 Å². The van der Waals surface area contributed by atoms with Crippen molar-refractivity contribution in [2.75, 3.05) is 5.32 Å². The highest BCUT2D eigenvalue weighted by Crippen LogP contribution is 2.26. The lowest BCUT2D eigenvalue weighted by molar-refractivity contribution is 1.11. The summed E-state index contributed by atoms with van der Waals surface area (Å²) in [4.78, 5) is 9.20. The summed E-state index contributed by atoms with van der Waals surface area (Å²) >= 11 is 3.54. The molecule has 4 rings (SSSR count). The summed E-state index contributed by atoms with van der Waals surface area (Å²) in [6, 6.07) is 20.1. The van der Waals surface area contributed by atoms with Gasteiger partial charge in [-0.25, -0.2) is 9.97 Å². The van der Waals surface area contributed by atoms with Gasteiger partial charge in [0.1, 0.15) is 4.60 Å². The lowest BCUT2D eigenvalue weighted by Gasteiger charge is -2.10. The number of benzene rings is 2. The molecule has 5 heteroatoms. The third-order valence-corrected chi connectivity index (χ3v) is 4.14. The summed E-state index contributed by atoms with van der Waals surface area (Å²) in [5.74, 6) is 0.725. The molecular weight excluding hydrogens is 352 g/mol. The van der Waals surface area contributed by atoms with E-state index in [2.05, 4.69) is 26.2 Å². The second kappa shape index (κ2) is 5.85. The highest BCUT2D eigenvalue weighted by atomic mass is 79.9. The molecule has 0 amide bonds. The predicted octanol–water partition coefficient (Wildman–Crippen LogP) is 4.90. The number of para-hydroxylation sites is 1. The average molecular weight is 365 g/mol. The minimum atomic E-state index is 0.725. The molecule has 2 heterocycles. The number of imidazole rings is 1. The smallest absolute Gasteiger partial charge is 0.181 e. The average Bonchev–Trinajstić information content (AvgIpc) is 2.98. The first kappa shape index (κ1) is 14.0. The van der Waals surface area contributed by atoms with E-state index in [0.29, 0.717) is 0 Å². The molecule has 0 saturated heterocycles. The number of rotatable bonds is 3. The van der Waals surface area contributed by atoms with Crippen LogP contribution < -0.4 is 5.32 Å². The number of nitrogens with one attached hydrogen (secondary N) is 1. The molecule has 0 saturated carbocycles. The van der Waals surface area contributed by atoms with E-state index >= 15 is 0 Å². The van der Waals surface area contributed by atoms with Crippen LogP contribution in [0.15, 0.2) is 77.7 Å². The molecule has 23 heavy (non-hydrogen) atoms. The summed E-state index contributed by atoms with van der Waals surface area (Å²) in [6.45, 7) is 0. The van der Waals surface area contributed by atoms with Crippen molar-refractivity contribution in [3.63, 3.8) is 0 Å². The molecule has 0 aliphatic carbocycles. The summed E-state index contributed by atoms with van der Waals surface area (Å²) in [7, 11) is 0. The van der Waals surface area contributed by atoms with E-state index in [1.54, 1.807) is 6.20 Å². The van der Waals surface area contributed by atoms with Crippen molar-refractivity contribution in [3.05, 3.63) is 77.7 Å². The van der Waals surface area contributed by atoms with E-state index in [1.165, 1.54) is 0 Å². The first-order valence-electron chi connectivity index (χ1n) is 7.22. The molecule has 0 aliphatic heterocycles. The Kier molecular flexibility index (Phi) is 3.55. The van der Waals surface area contributed by atoms with Crippen LogP contribution in [-0.2, 0) is 0 Å². The van der Waals surface area contributed by atoms with Crippen molar-refractivity contribution in [1.29, 1.82) is 0 Å². The van der Waals surface area contributed by atoms with Gasteiger partial charge in [-0.15, -0.1) is 0 Å². The summed E-state index contributed by atoms with van der Waals surface area (Å²) in [6.07, 6.45) is 3.76. The van der Waals surface area contributed by atoms with Gasteiger partial charge in [-0.05, 0) is 28.1 Å². The van der Waals surface area contributed by atoms with Crippen LogP contribution in [0, 0.1) is 0 Å². The number of anilines is 2. The SMILES string of the molecule is Brc1cnc2c(Nc3ccccc3)nc(-c3ccccc3)cn12. The minimum absolute atomic E-state index is 0.725. The molecule has 0 aliphatic rings. The van der Waals surface area contributed by atoms with Crippen molar-refractivity contribution in [3.8, 4) is 11.3 Å². The first-order chi connectivity index (χ1) is 11.3. The Morgan fingerprint density at radius 1 is 0.913 bits per heavy atom. The second-order valence-electron chi connectivity index (χ2n) is 5.11. The zero-order valence-corrected chi connectivity index (χ0v) is 13.7. The monoisotopic (exact) mass is 364 g/mol. The van der Waals surface area contributed by atoms with E-state index in [4.69, 9.17) is 4.98 Å². The van der Waals surface area contributed by atoms with E-state index in [0.717, 1.165) is 33.0 Å². The lowest BCUT2D eigenvalue weighted by atomic mass is 10.2. The van der Waals surface area contributed by atoms with Gasteiger partial charge in [0.2, 0.25) is 0 Å². The summed E-state index contributed by atoms with van der Waals surface area (Å²) in [5.41, 5.74) is 3.70. The molecule has 0 spiro atoms. The highest BCUT2D eigenvalue weighted by molar-refractivity contribution is 9.10. The molecule has 2 aromatic heterocycles. The fourth-order valence-electron chi connectivity index (χ4n) is 2.45. The number of nitrogens with zero attached hydrogens (tertiary/aromatic N) is 3. The van der Waals surface area contributed by atoms with Gasteiger partial charge in [0.25, 0.3) is 0 Å². The maximum Gasteiger partial charge on any atom is 0.181 e. The molecule has 1 N–H and O–H groups in total. The van der Waals surface area contributed by atoms with Gasteiger partial charge in [-0.3, -0.25) is 4.40 Å². The summed E-state index contributed by atoms with van der Waals surface area (Å²) in [5, 5.41) is 3.36. The van der Waals surface area contributed by atoms with E-state index in [1.807, 2.05) is 71.3 Å². The zero-order chi connectivity index (χ0) is 15.6. The Morgan fingerprint density at radius 3 is 2.35 bits per heavy atom. The van der Waals surface area contributed by atoms with Gasteiger partial charge in [-0.2, -0.15) is 0 Å². The van der Waals surface area contributed by atoms with Gasteiger partial charge in [0.05, 0.1) is 11.9 Å². The number of aromatic nitrogens is 3. The Bertz CT molecular complexity index is 949. The van der Waals surface area contributed by atoms with Crippen LogP contribution in [0.3, 0.4) is 0 Å². The van der Waals surface area contributed by atoms with Crippen LogP contribution in [0.25, 0.3) is 16.9 Å². The second-order valence-corrected chi connectivity index (χ2v) is 5.92. The van der Waals surface area contributed by atoms with Crippen molar-refractivity contribution < 1.29 is 0 Å². The molecule has 0 bridgehead atoms. The van der Waals surface area contributed by atoms with Crippen molar-refractivity contribution in [1.82, 2.24) is 14.4 Å². The van der Waals surface area contributed by atoms with E-state index in [-0.39, 0.29) is 0 Å². The van der Waals surface area contributed by atoms with Gasteiger partial charge >= 0.3 is 0 Å². The number of hydrogen-bond acceptors (Lipinski definition) is 3. The topological polar surface area (TPSA) is 42.2 Å². The van der Waals surface area contributed by atoms with Gasteiger partial charge in [0, 0.05) is 17.4 Å². The van der Waals surface area contributed by atoms with Crippen molar-refractivity contribution in [2.45, 2.75) is 0 Å². The first-order valence-corrected chi connectivity index (χ1v) is 8.02. The number of hydrogen-bond donors (Lipinski definition) is 1. The Morgan fingerprint density at radius 2 is 1.61 bits per heavy atom. The van der Waals surface area contributed by atoms with Crippen molar-refractivity contribution >= 4 is 33.1 Å². The molecular formula is C18H13BrN4. The quantitative estimate of drug-likeness (QED) is 0.561. The molecule has 4 nitrogen and oxygen atoms in total. The standard InChI is InChI=1S/C18H13BrN4/c19-16-11-20-18-17(21-14-9-5-2-6-10-14)22-15(12-23(16)18)13-7-3-1-4-8-13/h1-12H,(H,21,22). The van der Waals surface area contributed by atoms with Crippen LogP contribution in [0.4, 0.5) is 11.5 Å². The normalized spacial score (nSPS) is 10.8. The van der Waals surface area contributed by atoms with Gasteiger partial charge in [-0.1, -0.05) is 48.5 Å². The van der Waals surface area contributed by atoms with Crippen LogP contribution in [0.1, 0.15) is 0 Å². The van der Waals surface area contributed by atoms with E-state index in [9.17, 15) is 0 Å². The minimum Gasteiger partial charge on any atom is -0.337 e. The van der Waals surface area contributed by atoms with E-state index < -0.39 is 0 Å². The Labute approximate surface area is 142 Å². The van der Waals surface area contributed by atoms with Crippen molar-refractivity contribution in [2.24, 2.45) is 0 Å². The predicted molar refractivity (Wildman–Crippen MR) is 95.8 cm³/mol. The van der Waals surface area contributed by atoms with Crippen LogP contribution in [0.5, 0.6) is 0 Å². The Balaban J connectivity index is 1.88. The van der Waals surface area contributed by atoms with Gasteiger partial charge in [0.15, 0.2) is 11.5 Å². The summed E-state index contributed by atoms with van der Waals surface area (Å²) < 4.78 is 2.88. The maximum atomic E-state index is 4.76. The molecule has 0 unspecified atom stereocenters. The third-order valence-electron chi connectivity index (χ3n) is 3.55. The fourth-order valence-corrected chi connectivity index (χ4v) is 2.82. The molecule has 0 fully saturated rings. The fraction of sp³-hybridized carbons (Fsp3) is 0. The zero-order valence-electron chi connectivity index (χ0n) is 12.1. The van der Waals surface area contributed by atoms with Crippen LogP contribution in [0.2, 0.25) is 0 Å². The van der Waals surface area contributed by atoms with Gasteiger partial charge < -0.3 is 5.32 Å². The molecule has 4 aromatic rings. The largest absolute Gasteiger partial charge is 0.337 e. The molecule has 0 atom stereocenters. The lowest BCUT2D eigenvalue weighted by Crippen LogP contribution is -2.00. The Hall–Kier alpha value is -2.66. The molecule has 0 radical (unpaired) electrons. The maximum absolute atomic E-state index is 4.76.